The van der Waals surface area contributed by atoms with E-state index >= 15 is 0 Å². The van der Waals surface area contributed by atoms with Gasteiger partial charge >= 0.3 is 0 Å². The molecule has 20 heavy (non-hydrogen) atoms. The summed E-state index contributed by atoms with van der Waals surface area (Å²) >= 11 is 3.48. The van der Waals surface area contributed by atoms with E-state index in [-0.39, 0.29) is 5.82 Å². The summed E-state index contributed by atoms with van der Waals surface area (Å²) in [6.07, 6.45) is 6.42. The molecule has 2 rings (SSSR count). The second-order valence-electron chi connectivity index (χ2n) is 4.82. The maximum Gasteiger partial charge on any atom is 0.123 e. The molecule has 0 saturated heterocycles. The van der Waals surface area contributed by atoms with Crippen molar-refractivity contribution in [2.75, 3.05) is 7.05 Å². The van der Waals surface area contributed by atoms with Crippen LogP contribution in [0.5, 0.6) is 0 Å². The molecular formula is C16H18BrFN2. The number of benzene rings is 1. The molecule has 2 aromatic rings. The Balaban J connectivity index is 1.97. The van der Waals surface area contributed by atoms with Gasteiger partial charge in [0.05, 0.1) is 0 Å². The summed E-state index contributed by atoms with van der Waals surface area (Å²) in [6.45, 7) is 0. The number of hydrogen-bond donors (Lipinski definition) is 1. The minimum Gasteiger partial charge on any atom is -0.317 e. The van der Waals surface area contributed by atoms with Gasteiger partial charge in [-0.1, -0.05) is 15.9 Å². The number of halogens is 2. The van der Waals surface area contributed by atoms with Gasteiger partial charge in [-0.15, -0.1) is 0 Å². The van der Waals surface area contributed by atoms with E-state index in [0.717, 1.165) is 29.3 Å². The van der Waals surface area contributed by atoms with Gasteiger partial charge in [0.1, 0.15) is 5.82 Å². The van der Waals surface area contributed by atoms with Gasteiger partial charge in [-0.2, -0.15) is 0 Å². The van der Waals surface area contributed by atoms with E-state index in [2.05, 4.69) is 26.2 Å². The van der Waals surface area contributed by atoms with E-state index in [4.69, 9.17) is 0 Å². The first-order valence-electron chi connectivity index (χ1n) is 6.69. The molecule has 0 aliphatic carbocycles. The summed E-state index contributed by atoms with van der Waals surface area (Å²) in [5.41, 5.74) is 2.28. The van der Waals surface area contributed by atoms with E-state index < -0.39 is 0 Å². The van der Waals surface area contributed by atoms with Crippen LogP contribution >= 0.6 is 15.9 Å². The molecule has 1 aromatic carbocycles. The van der Waals surface area contributed by atoms with Crippen LogP contribution in [0.3, 0.4) is 0 Å². The Kier molecular flexibility index (Phi) is 5.68. The maximum absolute atomic E-state index is 13.3. The molecule has 1 atom stereocenters. The Hall–Kier alpha value is -1.26. The van der Waals surface area contributed by atoms with Crippen LogP contribution in [0.1, 0.15) is 17.5 Å². The number of likely N-dealkylation sites (N-methyl/N-ethyl adjacent to an activating group) is 1. The molecule has 1 aromatic heterocycles. The van der Waals surface area contributed by atoms with Crippen molar-refractivity contribution in [3.8, 4) is 0 Å². The predicted octanol–water partition coefficient (Wildman–Crippen LogP) is 3.75. The molecule has 0 fully saturated rings. The molecule has 2 nitrogen and oxygen atoms in total. The summed E-state index contributed by atoms with van der Waals surface area (Å²) in [5.74, 6) is -0.188. The van der Waals surface area contributed by atoms with Crippen LogP contribution in [0.25, 0.3) is 0 Å². The molecule has 4 heteroatoms. The standard InChI is InChI=1S/C16H18BrFN2/c1-19-15(4-2-12-6-8-20-9-7-12)11-13-10-14(18)3-5-16(13)17/h3,5-10,15,19H,2,4,11H2,1H3. The minimum absolute atomic E-state index is 0.188. The normalized spacial score (nSPS) is 12.3. The first-order chi connectivity index (χ1) is 9.69. The largest absolute Gasteiger partial charge is 0.317 e. The molecule has 106 valence electrons. The molecule has 0 aliphatic rings. The monoisotopic (exact) mass is 336 g/mol. The van der Waals surface area contributed by atoms with Crippen molar-refractivity contribution in [3.63, 3.8) is 0 Å². The molecule has 1 heterocycles. The zero-order valence-electron chi connectivity index (χ0n) is 11.4. The molecule has 1 N–H and O–H groups in total. The lowest BCUT2D eigenvalue weighted by Gasteiger charge is -2.17. The average Bonchev–Trinajstić information content (AvgIpc) is 2.48. The molecule has 0 spiro atoms. The Morgan fingerprint density at radius 2 is 2.00 bits per heavy atom. The fourth-order valence-electron chi connectivity index (χ4n) is 2.20. The summed E-state index contributed by atoms with van der Waals surface area (Å²) in [5, 5.41) is 3.31. The highest BCUT2D eigenvalue weighted by atomic mass is 79.9. The SMILES string of the molecule is CNC(CCc1ccncc1)Cc1cc(F)ccc1Br. The Morgan fingerprint density at radius 3 is 2.70 bits per heavy atom. The van der Waals surface area contributed by atoms with Gasteiger partial charge < -0.3 is 5.32 Å². The average molecular weight is 337 g/mol. The Morgan fingerprint density at radius 1 is 1.25 bits per heavy atom. The quantitative estimate of drug-likeness (QED) is 0.868. The van der Waals surface area contributed by atoms with Crippen LogP contribution in [0.4, 0.5) is 4.39 Å². The highest BCUT2D eigenvalue weighted by molar-refractivity contribution is 9.10. The molecule has 0 bridgehead atoms. The molecule has 0 radical (unpaired) electrons. The topological polar surface area (TPSA) is 24.9 Å². The molecule has 0 amide bonds. The first-order valence-corrected chi connectivity index (χ1v) is 7.48. The number of rotatable bonds is 6. The van der Waals surface area contributed by atoms with Gasteiger partial charge in [0.2, 0.25) is 0 Å². The summed E-state index contributed by atoms with van der Waals surface area (Å²) in [7, 11) is 1.95. The van der Waals surface area contributed by atoms with Crippen molar-refractivity contribution >= 4 is 15.9 Å². The van der Waals surface area contributed by atoms with Gasteiger partial charge in [0.25, 0.3) is 0 Å². The number of pyridine rings is 1. The van der Waals surface area contributed by atoms with Crippen molar-refractivity contribution in [1.82, 2.24) is 10.3 Å². The summed E-state index contributed by atoms with van der Waals surface area (Å²) in [6, 6.07) is 9.22. The van der Waals surface area contributed by atoms with Crippen LogP contribution in [0, 0.1) is 5.82 Å². The van der Waals surface area contributed by atoms with E-state index in [1.807, 2.05) is 31.6 Å². The summed E-state index contributed by atoms with van der Waals surface area (Å²) < 4.78 is 14.3. The highest BCUT2D eigenvalue weighted by Crippen LogP contribution is 2.20. The van der Waals surface area contributed by atoms with Gasteiger partial charge in [0.15, 0.2) is 0 Å². The van der Waals surface area contributed by atoms with Crippen molar-refractivity contribution < 1.29 is 4.39 Å². The van der Waals surface area contributed by atoms with Crippen LogP contribution in [-0.4, -0.2) is 18.1 Å². The van der Waals surface area contributed by atoms with E-state index in [0.29, 0.717) is 6.04 Å². The lowest BCUT2D eigenvalue weighted by molar-refractivity contribution is 0.517. The fraction of sp³-hybridized carbons (Fsp3) is 0.312. The third-order valence-electron chi connectivity index (χ3n) is 3.41. The maximum atomic E-state index is 13.3. The first kappa shape index (κ1) is 15.1. The molecule has 0 aliphatic heterocycles. The van der Waals surface area contributed by atoms with Crippen LogP contribution in [0.2, 0.25) is 0 Å². The molecule has 0 saturated carbocycles. The smallest absolute Gasteiger partial charge is 0.123 e. The van der Waals surface area contributed by atoms with Gasteiger partial charge in [0, 0.05) is 22.9 Å². The highest BCUT2D eigenvalue weighted by Gasteiger charge is 2.10. The Labute approximate surface area is 127 Å². The molecular weight excluding hydrogens is 319 g/mol. The summed E-state index contributed by atoms with van der Waals surface area (Å²) in [4.78, 5) is 4.02. The van der Waals surface area contributed by atoms with Crippen LogP contribution < -0.4 is 5.32 Å². The zero-order valence-corrected chi connectivity index (χ0v) is 13.0. The number of aromatic nitrogens is 1. The van der Waals surface area contributed by atoms with Gasteiger partial charge in [-0.3, -0.25) is 4.98 Å². The number of aryl methyl sites for hydroxylation is 1. The van der Waals surface area contributed by atoms with Crippen molar-refractivity contribution in [3.05, 3.63) is 64.1 Å². The lowest BCUT2D eigenvalue weighted by Crippen LogP contribution is -2.28. The number of nitrogens with zero attached hydrogens (tertiary/aromatic N) is 1. The van der Waals surface area contributed by atoms with Crippen LogP contribution in [0.15, 0.2) is 47.2 Å². The second-order valence-corrected chi connectivity index (χ2v) is 5.67. The predicted molar refractivity (Wildman–Crippen MR) is 83.2 cm³/mol. The minimum atomic E-state index is -0.188. The third-order valence-corrected chi connectivity index (χ3v) is 4.19. The number of nitrogens with one attached hydrogen (secondary N) is 1. The van der Waals surface area contributed by atoms with Crippen molar-refractivity contribution in [2.45, 2.75) is 25.3 Å². The van der Waals surface area contributed by atoms with E-state index in [1.165, 1.54) is 11.6 Å². The third kappa shape index (κ3) is 4.39. The fourth-order valence-corrected chi connectivity index (χ4v) is 2.61. The molecule has 1 unspecified atom stereocenters. The zero-order chi connectivity index (χ0) is 14.4. The van der Waals surface area contributed by atoms with E-state index in [1.54, 1.807) is 12.1 Å². The van der Waals surface area contributed by atoms with Gasteiger partial charge in [-0.25, -0.2) is 4.39 Å². The Bertz CT molecular complexity index is 545. The lowest BCUT2D eigenvalue weighted by atomic mass is 9.99. The van der Waals surface area contributed by atoms with Gasteiger partial charge in [-0.05, 0) is 67.8 Å². The van der Waals surface area contributed by atoms with Crippen LogP contribution in [-0.2, 0) is 12.8 Å². The van der Waals surface area contributed by atoms with E-state index in [9.17, 15) is 4.39 Å². The number of hydrogen-bond acceptors (Lipinski definition) is 2. The second kappa shape index (κ2) is 7.50. The van der Waals surface area contributed by atoms with Crippen molar-refractivity contribution in [2.24, 2.45) is 0 Å². The van der Waals surface area contributed by atoms with Crippen molar-refractivity contribution in [1.29, 1.82) is 0 Å².